The zero-order valence-electron chi connectivity index (χ0n) is 20.0. The average molecular weight is 512 g/mol. The first-order valence-corrected chi connectivity index (χ1v) is 12.7. The predicted octanol–water partition coefficient (Wildman–Crippen LogP) is 4.92. The average Bonchev–Trinajstić information content (AvgIpc) is 2.88. The molecule has 1 aromatic carbocycles. The molecule has 0 aliphatic carbocycles. The lowest BCUT2D eigenvalue weighted by Crippen LogP contribution is -2.62. The molecule has 0 amide bonds. The Bertz CT molecular complexity index is 1400. The topological polar surface area (TPSA) is 74.4 Å². The number of ether oxygens (including phenoxy) is 1. The number of hydrogen-bond donors (Lipinski definition) is 0. The highest BCUT2D eigenvalue weighted by molar-refractivity contribution is 6.42. The van der Waals surface area contributed by atoms with Gasteiger partial charge in [0.1, 0.15) is 29.6 Å². The molecule has 0 N–H and O–H groups in total. The van der Waals surface area contributed by atoms with E-state index in [1.54, 1.807) is 23.7 Å². The van der Waals surface area contributed by atoms with Gasteiger partial charge in [0, 0.05) is 32.2 Å². The number of aryl methyl sites for hydroxylation is 1. The molecule has 7 nitrogen and oxygen atoms in total. The molecule has 2 aromatic heterocycles. The van der Waals surface area contributed by atoms with Crippen molar-refractivity contribution in [3.8, 4) is 11.8 Å². The first-order chi connectivity index (χ1) is 16.9. The number of piperazine rings is 1. The minimum absolute atomic E-state index is 0.0463. The van der Waals surface area contributed by atoms with E-state index in [1.165, 1.54) is 0 Å². The minimum Gasteiger partial charge on any atom is -0.484 e. The molecular formula is C26H27Cl2N5O2. The fraction of sp³-hybridized carbons (Fsp3) is 0.423. The Labute approximate surface area is 214 Å². The zero-order valence-corrected chi connectivity index (χ0v) is 21.5. The predicted molar refractivity (Wildman–Crippen MR) is 139 cm³/mol. The van der Waals surface area contributed by atoms with E-state index in [1.807, 2.05) is 12.1 Å². The Morgan fingerprint density at radius 1 is 1.20 bits per heavy atom. The molecule has 3 atom stereocenters. The van der Waals surface area contributed by atoms with E-state index in [-0.39, 0.29) is 23.7 Å². The minimum atomic E-state index is -0.185. The summed E-state index contributed by atoms with van der Waals surface area (Å²) in [5, 5.41) is 10.6. The first kappa shape index (κ1) is 23.9. The van der Waals surface area contributed by atoms with E-state index in [2.05, 4.69) is 40.8 Å². The lowest BCUT2D eigenvalue weighted by Gasteiger charge is -2.51. The number of nitriles is 1. The van der Waals surface area contributed by atoms with Crippen LogP contribution in [0.4, 0.5) is 5.69 Å². The highest BCUT2D eigenvalue weighted by atomic mass is 35.5. The highest BCUT2D eigenvalue weighted by Gasteiger charge is 2.42. The molecule has 4 heterocycles. The molecule has 0 spiro atoms. The molecular weight excluding hydrogens is 485 g/mol. The number of hydrogen-bond acceptors (Lipinski definition) is 6. The van der Waals surface area contributed by atoms with E-state index in [4.69, 9.17) is 27.9 Å². The van der Waals surface area contributed by atoms with Crippen molar-refractivity contribution >= 4 is 39.9 Å². The van der Waals surface area contributed by atoms with Gasteiger partial charge in [0.2, 0.25) is 5.75 Å². The van der Waals surface area contributed by atoms with Crippen molar-refractivity contribution in [2.45, 2.75) is 44.8 Å². The van der Waals surface area contributed by atoms with Crippen LogP contribution in [0, 0.1) is 11.3 Å². The van der Waals surface area contributed by atoms with Gasteiger partial charge in [-0.15, -0.1) is 0 Å². The van der Waals surface area contributed by atoms with Crippen molar-refractivity contribution in [2.24, 2.45) is 7.05 Å². The summed E-state index contributed by atoms with van der Waals surface area (Å²) in [6.45, 7) is 6.29. The van der Waals surface area contributed by atoms with Crippen molar-refractivity contribution in [3.05, 3.63) is 62.0 Å². The summed E-state index contributed by atoms with van der Waals surface area (Å²) in [5.74, 6) is 0.318. The quantitative estimate of drug-likeness (QED) is 0.494. The number of fused-ring (bicyclic) bond motifs is 5. The van der Waals surface area contributed by atoms with Crippen molar-refractivity contribution in [1.82, 2.24) is 14.5 Å². The van der Waals surface area contributed by atoms with Crippen LogP contribution in [-0.4, -0.2) is 46.2 Å². The van der Waals surface area contributed by atoms with Crippen molar-refractivity contribution in [1.29, 1.82) is 5.26 Å². The van der Waals surface area contributed by atoms with Gasteiger partial charge in [-0.1, -0.05) is 43.1 Å². The number of rotatable bonds is 4. The van der Waals surface area contributed by atoms with Crippen LogP contribution in [-0.2, 0) is 7.05 Å². The highest BCUT2D eigenvalue weighted by Crippen LogP contribution is 2.41. The van der Waals surface area contributed by atoms with Crippen LogP contribution in [0.5, 0.6) is 5.75 Å². The first-order valence-electron chi connectivity index (χ1n) is 11.9. The number of nitrogens with zero attached hydrogens (tertiary/aromatic N) is 5. The lowest BCUT2D eigenvalue weighted by atomic mass is 9.95. The lowest BCUT2D eigenvalue weighted by molar-refractivity contribution is 0.0720. The summed E-state index contributed by atoms with van der Waals surface area (Å²) in [5.41, 5.74) is 3.30. The summed E-state index contributed by atoms with van der Waals surface area (Å²) >= 11 is 12.5. The molecule has 1 saturated heterocycles. The fourth-order valence-electron chi connectivity index (χ4n) is 5.52. The molecule has 0 unspecified atom stereocenters. The standard InChI is InChI=1S/C26H27Cl2N5O2/c1-4-17-12-33-18(13-32(17)21(5-2)15-6-8-19(27)20(28)10-15)14-35-25-24(33)23-22(31(3)26(25)34)9-7-16(11-29)30-23/h6-10,17-18,21H,4-5,12-14H2,1-3H3/t17-,18+,21-/m1/s1. The second kappa shape index (κ2) is 9.34. The maximum absolute atomic E-state index is 13.2. The number of pyridine rings is 2. The van der Waals surface area contributed by atoms with Crippen LogP contribution in [0.25, 0.3) is 11.0 Å². The van der Waals surface area contributed by atoms with Crippen molar-refractivity contribution in [2.75, 3.05) is 24.6 Å². The third-order valence-electron chi connectivity index (χ3n) is 7.32. The number of halogens is 2. The molecule has 3 aromatic rings. The molecule has 9 heteroatoms. The van der Waals surface area contributed by atoms with Gasteiger partial charge in [0.05, 0.1) is 21.6 Å². The summed E-state index contributed by atoms with van der Waals surface area (Å²) < 4.78 is 7.64. The van der Waals surface area contributed by atoms with Crippen LogP contribution in [0.2, 0.25) is 10.0 Å². The Morgan fingerprint density at radius 3 is 2.69 bits per heavy atom. The Hall–Kier alpha value is -2.79. The molecule has 2 aliphatic rings. The van der Waals surface area contributed by atoms with Gasteiger partial charge < -0.3 is 14.2 Å². The van der Waals surface area contributed by atoms with E-state index in [0.717, 1.165) is 31.5 Å². The fourth-order valence-corrected chi connectivity index (χ4v) is 5.83. The summed E-state index contributed by atoms with van der Waals surface area (Å²) in [7, 11) is 1.71. The van der Waals surface area contributed by atoms with Gasteiger partial charge in [-0.05, 0) is 42.7 Å². The second-order valence-corrected chi connectivity index (χ2v) is 10.0. The number of anilines is 1. The summed E-state index contributed by atoms with van der Waals surface area (Å²) in [6, 6.07) is 11.9. The Kier molecular flexibility index (Phi) is 6.39. The van der Waals surface area contributed by atoms with Crippen LogP contribution in [0.15, 0.2) is 35.1 Å². The van der Waals surface area contributed by atoms with E-state index >= 15 is 0 Å². The smallest absolute Gasteiger partial charge is 0.295 e. The molecule has 0 radical (unpaired) electrons. The van der Waals surface area contributed by atoms with Gasteiger partial charge in [0.15, 0.2) is 0 Å². The van der Waals surface area contributed by atoms with E-state index < -0.39 is 0 Å². The third kappa shape index (κ3) is 3.94. The molecule has 5 rings (SSSR count). The van der Waals surface area contributed by atoms with Crippen LogP contribution in [0.1, 0.15) is 44.0 Å². The summed E-state index contributed by atoms with van der Waals surface area (Å²) in [6.07, 6.45) is 1.87. The molecule has 2 aliphatic heterocycles. The van der Waals surface area contributed by atoms with Crippen LogP contribution in [0.3, 0.4) is 0 Å². The number of aromatic nitrogens is 2. The molecule has 1 fully saturated rings. The van der Waals surface area contributed by atoms with Gasteiger partial charge >= 0.3 is 0 Å². The van der Waals surface area contributed by atoms with Crippen molar-refractivity contribution < 1.29 is 4.74 Å². The SMILES string of the molecule is CC[C@@H]1CN2c3c(c(=O)n(C)c4ccc(C#N)nc34)OC[C@@H]2CN1[C@H](CC)c1ccc(Cl)c(Cl)c1. The van der Waals surface area contributed by atoms with Gasteiger partial charge in [-0.25, -0.2) is 4.98 Å². The maximum atomic E-state index is 13.2. The van der Waals surface area contributed by atoms with Gasteiger partial charge in [-0.3, -0.25) is 9.69 Å². The van der Waals surface area contributed by atoms with Gasteiger partial charge in [0.25, 0.3) is 5.56 Å². The summed E-state index contributed by atoms with van der Waals surface area (Å²) in [4.78, 5) is 22.6. The van der Waals surface area contributed by atoms with Gasteiger partial charge in [-0.2, -0.15) is 5.26 Å². The van der Waals surface area contributed by atoms with Crippen LogP contribution >= 0.6 is 23.2 Å². The maximum Gasteiger partial charge on any atom is 0.295 e. The molecule has 0 bridgehead atoms. The van der Waals surface area contributed by atoms with Crippen LogP contribution < -0.4 is 15.2 Å². The molecule has 35 heavy (non-hydrogen) atoms. The second-order valence-electron chi connectivity index (χ2n) is 9.19. The zero-order chi connectivity index (χ0) is 24.9. The molecule has 0 saturated carbocycles. The largest absolute Gasteiger partial charge is 0.484 e. The molecule has 182 valence electrons. The van der Waals surface area contributed by atoms with E-state index in [9.17, 15) is 10.1 Å². The monoisotopic (exact) mass is 511 g/mol. The Balaban J connectivity index is 1.58. The normalized spacial score (nSPS) is 20.6. The third-order valence-corrected chi connectivity index (χ3v) is 8.06. The Morgan fingerprint density at radius 2 is 2.00 bits per heavy atom. The number of benzene rings is 1. The van der Waals surface area contributed by atoms with Crippen molar-refractivity contribution in [3.63, 3.8) is 0 Å². The van der Waals surface area contributed by atoms with E-state index in [0.29, 0.717) is 44.8 Å².